The van der Waals surface area contributed by atoms with Crippen LogP contribution in [0.3, 0.4) is 0 Å². The summed E-state index contributed by atoms with van der Waals surface area (Å²) in [6.07, 6.45) is 3.46. The fraction of sp³-hybridized carbons (Fsp3) is 0.375. The first-order valence-corrected chi connectivity index (χ1v) is 9.42. The van der Waals surface area contributed by atoms with E-state index in [1.807, 2.05) is 0 Å². The quantitative estimate of drug-likeness (QED) is 0.406. The zero-order valence-electron chi connectivity index (χ0n) is 15.2. The van der Waals surface area contributed by atoms with E-state index in [9.17, 15) is 28.6 Å². The summed E-state index contributed by atoms with van der Waals surface area (Å²) in [5, 5.41) is 29.7. The molecule has 2 aromatic rings. The van der Waals surface area contributed by atoms with Crippen molar-refractivity contribution in [3.05, 3.63) is 67.3 Å². The van der Waals surface area contributed by atoms with E-state index in [4.69, 9.17) is 5.11 Å². The fourth-order valence-corrected chi connectivity index (χ4v) is 2.32. The van der Waals surface area contributed by atoms with Gasteiger partial charge in [0.15, 0.2) is 0 Å². The minimum atomic E-state index is -3.58. The van der Waals surface area contributed by atoms with Gasteiger partial charge in [0, 0.05) is 24.5 Å². The van der Waals surface area contributed by atoms with Crippen LogP contribution in [0, 0.1) is 34.1 Å². The van der Waals surface area contributed by atoms with Crippen molar-refractivity contribution >= 4 is 21.5 Å². The van der Waals surface area contributed by atoms with Gasteiger partial charge >= 0.3 is 0 Å². The summed E-state index contributed by atoms with van der Waals surface area (Å²) in [5.74, 6) is 0. The lowest BCUT2D eigenvalue weighted by atomic mass is 10.2. The maximum absolute atomic E-state index is 10.8. The second-order valence-corrected chi connectivity index (χ2v) is 7.09. The minimum Gasteiger partial charge on any atom is -0.390 e. The topological polar surface area (TPSA) is 176 Å². The van der Waals surface area contributed by atoms with Gasteiger partial charge < -0.3 is 5.11 Å². The molecule has 2 heterocycles. The highest BCUT2D eigenvalue weighted by molar-refractivity contribution is 7.85. The first kappa shape index (κ1) is 26.0. The molecular weight excluding hydrogens is 408 g/mol. The van der Waals surface area contributed by atoms with Crippen molar-refractivity contribution in [3.63, 3.8) is 0 Å². The van der Waals surface area contributed by atoms with Crippen LogP contribution in [-0.2, 0) is 27.5 Å². The molecule has 0 unspecified atom stereocenters. The zero-order valence-corrected chi connectivity index (χ0v) is 16.0. The van der Waals surface area contributed by atoms with Crippen LogP contribution < -0.4 is 0 Å². The molecule has 0 amide bonds. The summed E-state index contributed by atoms with van der Waals surface area (Å²) in [5.41, 5.74) is 1.20. The molecule has 0 aliphatic rings. The van der Waals surface area contributed by atoms with Gasteiger partial charge in [-0.05, 0) is 13.8 Å². The van der Waals surface area contributed by atoms with Crippen molar-refractivity contribution in [1.82, 2.24) is 9.97 Å². The summed E-state index contributed by atoms with van der Waals surface area (Å²) in [6.45, 7) is 2.49. The molecule has 0 saturated heterocycles. The highest BCUT2D eigenvalue weighted by Gasteiger charge is 2.16. The lowest BCUT2D eigenvalue weighted by molar-refractivity contribution is -0.385. The molecule has 0 saturated carbocycles. The average molecular weight is 430 g/mol. The van der Waals surface area contributed by atoms with Crippen molar-refractivity contribution in [2.45, 2.75) is 34.5 Å². The Kier molecular flexibility index (Phi) is 9.93. The van der Waals surface area contributed by atoms with Gasteiger partial charge in [0.05, 0.1) is 45.2 Å². The summed E-state index contributed by atoms with van der Waals surface area (Å²) >= 11 is 0. The molecule has 0 aliphatic heterocycles. The van der Waals surface area contributed by atoms with Crippen LogP contribution in [0.5, 0.6) is 0 Å². The normalized spacial score (nSPS) is 10.3. The monoisotopic (exact) mass is 430 g/mol. The maximum Gasteiger partial charge on any atom is 0.275 e. The predicted octanol–water partition coefficient (Wildman–Crippen LogP) is 2.20. The van der Waals surface area contributed by atoms with Crippen molar-refractivity contribution in [2.24, 2.45) is 0 Å². The van der Waals surface area contributed by atoms with Crippen LogP contribution in [0.2, 0.25) is 0 Å². The number of pyridine rings is 2. The van der Waals surface area contributed by atoms with Crippen LogP contribution in [0.1, 0.15) is 29.9 Å². The van der Waals surface area contributed by atoms with Gasteiger partial charge in [-0.2, -0.15) is 8.42 Å². The molecule has 29 heavy (non-hydrogen) atoms. The van der Waals surface area contributed by atoms with Crippen molar-refractivity contribution in [1.29, 1.82) is 0 Å². The first-order chi connectivity index (χ1) is 13.0. The lowest BCUT2D eigenvalue weighted by Gasteiger charge is -2.04. The Hall–Kier alpha value is -3.03. The molecule has 0 spiro atoms. The van der Waals surface area contributed by atoms with Gasteiger partial charge in [-0.3, -0.25) is 34.4 Å². The number of aliphatic hydroxyl groups is 1. The maximum atomic E-state index is 10.8. The van der Waals surface area contributed by atoms with E-state index in [1.165, 1.54) is 31.5 Å². The number of rotatable bonds is 6. The van der Waals surface area contributed by atoms with Crippen LogP contribution in [-0.4, -0.2) is 39.6 Å². The molecule has 0 aromatic carbocycles. The number of hydrogen-bond donors (Lipinski definition) is 1. The van der Waals surface area contributed by atoms with Crippen LogP contribution in [0.15, 0.2) is 24.5 Å². The van der Waals surface area contributed by atoms with Crippen molar-refractivity contribution < 1.29 is 27.6 Å². The van der Waals surface area contributed by atoms with Crippen LogP contribution in [0.4, 0.5) is 11.4 Å². The highest BCUT2D eigenvalue weighted by Crippen LogP contribution is 2.20. The van der Waals surface area contributed by atoms with Gasteiger partial charge in [0.1, 0.15) is 6.61 Å². The summed E-state index contributed by atoms with van der Waals surface area (Å²) in [7, 11) is -3.58. The summed E-state index contributed by atoms with van der Waals surface area (Å²) in [6, 6.07) is 2.56. The Labute approximate surface area is 167 Å². The Balaban J connectivity index is 0.000000542. The third-order valence-electron chi connectivity index (χ3n) is 3.51. The third-order valence-corrected chi connectivity index (χ3v) is 4.06. The fourth-order valence-electron chi connectivity index (χ4n) is 2.00. The predicted molar refractivity (Wildman–Crippen MR) is 104 cm³/mol. The second-order valence-electron chi connectivity index (χ2n) is 5.44. The van der Waals surface area contributed by atoms with E-state index in [1.54, 1.807) is 6.92 Å². The Morgan fingerprint density at radius 2 is 1.41 bits per heavy atom. The smallest absolute Gasteiger partial charge is 0.275 e. The molecule has 12 nitrogen and oxygen atoms in total. The number of nitro groups is 2. The average Bonchev–Trinajstić information content (AvgIpc) is 2.60. The van der Waals surface area contributed by atoms with Gasteiger partial charge in [-0.1, -0.05) is 7.43 Å². The van der Waals surface area contributed by atoms with E-state index in [0.717, 1.165) is 6.26 Å². The van der Waals surface area contributed by atoms with Gasteiger partial charge in [-0.15, -0.1) is 0 Å². The van der Waals surface area contributed by atoms with Crippen molar-refractivity contribution in [2.75, 3.05) is 6.26 Å². The first-order valence-electron chi connectivity index (χ1n) is 7.61. The Morgan fingerprint density at radius 3 is 1.79 bits per heavy atom. The molecule has 2 aromatic heterocycles. The second kappa shape index (κ2) is 11.1. The molecule has 0 radical (unpaired) electrons. The van der Waals surface area contributed by atoms with Gasteiger partial charge in [-0.25, -0.2) is 0 Å². The van der Waals surface area contributed by atoms with Crippen LogP contribution in [0.25, 0.3) is 0 Å². The van der Waals surface area contributed by atoms with Gasteiger partial charge in [0.2, 0.25) is 0 Å². The van der Waals surface area contributed by atoms with Crippen LogP contribution >= 0.6 is 0 Å². The molecule has 0 aliphatic carbocycles. The number of aliphatic hydroxyl groups excluding tert-OH is 1. The van der Waals surface area contributed by atoms with E-state index < -0.39 is 20.0 Å². The third kappa shape index (κ3) is 7.85. The van der Waals surface area contributed by atoms with E-state index in [2.05, 4.69) is 14.2 Å². The lowest BCUT2D eigenvalue weighted by Crippen LogP contribution is -2.06. The summed E-state index contributed by atoms with van der Waals surface area (Å²) < 4.78 is 26.0. The largest absolute Gasteiger partial charge is 0.390 e. The molecule has 1 N–H and O–H groups in total. The number of aromatic nitrogens is 2. The SMILES string of the molecule is C.Cc1c([N+](=O)[O-])ccnc1CO.Cc1c([N+](=O)[O-])ccnc1COS(C)(=O)=O. The Morgan fingerprint density at radius 1 is 1.00 bits per heavy atom. The number of nitrogens with zero attached hydrogens (tertiary/aromatic N) is 4. The molecule has 2 rings (SSSR count). The number of hydrogen-bond acceptors (Lipinski definition) is 10. The minimum absolute atomic E-state index is 0. The van der Waals surface area contributed by atoms with Gasteiger partial charge in [0.25, 0.3) is 21.5 Å². The van der Waals surface area contributed by atoms with E-state index in [0.29, 0.717) is 16.8 Å². The molecule has 13 heteroatoms. The molecule has 0 atom stereocenters. The molecule has 0 fully saturated rings. The van der Waals surface area contributed by atoms with Crippen molar-refractivity contribution in [3.8, 4) is 0 Å². The highest BCUT2D eigenvalue weighted by atomic mass is 32.2. The Bertz CT molecular complexity index is 979. The summed E-state index contributed by atoms with van der Waals surface area (Å²) in [4.78, 5) is 27.6. The van der Waals surface area contributed by atoms with E-state index in [-0.39, 0.29) is 37.7 Å². The molecule has 160 valence electrons. The zero-order chi connectivity index (χ0) is 21.5. The van der Waals surface area contributed by atoms with E-state index >= 15 is 0 Å². The standard InChI is InChI=1S/C8H10N2O5S.C7H8N2O3.CH4/c1-6-7(5-15-16(2,13)14)9-4-3-8(6)10(11)12;1-5-6(4-10)8-3-2-7(5)9(11)12;/h3-4H,5H2,1-2H3;2-3,10H,4H2,1H3;1H4. The molecular formula is C16H22N4O8S. The molecule has 0 bridgehead atoms.